The van der Waals surface area contributed by atoms with Gasteiger partial charge in [0.15, 0.2) is 0 Å². The highest BCUT2D eigenvalue weighted by molar-refractivity contribution is 9.10. The molecule has 1 N–H and O–H groups in total. The molecule has 0 saturated heterocycles. The summed E-state index contributed by atoms with van der Waals surface area (Å²) in [6, 6.07) is 5.20. The van der Waals surface area contributed by atoms with Crippen molar-refractivity contribution in [3.63, 3.8) is 0 Å². The summed E-state index contributed by atoms with van der Waals surface area (Å²) in [5, 5.41) is 3.33. The van der Waals surface area contributed by atoms with E-state index in [-0.39, 0.29) is 5.91 Å². The predicted octanol–water partition coefficient (Wildman–Crippen LogP) is 3.09. The van der Waals surface area contributed by atoms with Gasteiger partial charge >= 0.3 is 0 Å². The van der Waals surface area contributed by atoms with Gasteiger partial charge in [-0.25, -0.2) is 4.98 Å². The predicted molar refractivity (Wildman–Crippen MR) is 70.3 cm³/mol. The second kappa shape index (κ2) is 4.89. The fourth-order valence-electron chi connectivity index (χ4n) is 1.36. The van der Waals surface area contributed by atoms with Crippen LogP contribution in [0.1, 0.15) is 10.5 Å². The largest absolute Gasteiger partial charge is 0.330 e. The molecule has 0 atom stereocenters. The Morgan fingerprint density at radius 3 is 2.94 bits per heavy atom. The topological polar surface area (TPSA) is 46.9 Å². The van der Waals surface area contributed by atoms with Crippen LogP contribution in [-0.4, -0.2) is 15.5 Å². The molecular weight excluding hydrogens is 305 g/mol. The van der Waals surface area contributed by atoms with Crippen LogP contribution in [0.2, 0.25) is 5.02 Å². The monoisotopic (exact) mass is 313 g/mol. The Balaban J connectivity index is 2.24. The third-order valence-corrected chi connectivity index (χ3v) is 3.15. The van der Waals surface area contributed by atoms with Gasteiger partial charge in [-0.2, -0.15) is 0 Å². The van der Waals surface area contributed by atoms with Gasteiger partial charge in [-0.1, -0.05) is 11.6 Å². The molecule has 0 aliphatic carbocycles. The van der Waals surface area contributed by atoms with Gasteiger partial charge in [0.05, 0.1) is 18.2 Å². The number of nitrogens with zero attached hydrogens (tertiary/aromatic N) is 2. The number of halogens is 2. The number of hydrogen-bond acceptors (Lipinski definition) is 2. The van der Waals surface area contributed by atoms with E-state index in [1.54, 1.807) is 36.1 Å². The smallest absolute Gasteiger partial charge is 0.273 e. The minimum absolute atomic E-state index is 0.229. The molecule has 6 heteroatoms. The molecule has 0 spiro atoms. The minimum Gasteiger partial charge on any atom is -0.330 e. The zero-order valence-corrected chi connectivity index (χ0v) is 11.3. The molecule has 1 amide bonds. The van der Waals surface area contributed by atoms with E-state index in [1.807, 2.05) is 0 Å². The molecule has 1 heterocycles. The average Bonchev–Trinajstić information content (AvgIpc) is 2.70. The summed E-state index contributed by atoms with van der Waals surface area (Å²) < 4.78 is 2.42. The van der Waals surface area contributed by atoms with Crippen LogP contribution in [0.5, 0.6) is 0 Å². The number of imidazole rings is 1. The maximum atomic E-state index is 11.9. The van der Waals surface area contributed by atoms with Gasteiger partial charge in [-0.3, -0.25) is 4.79 Å². The van der Waals surface area contributed by atoms with Crippen molar-refractivity contribution in [2.75, 3.05) is 5.32 Å². The zero-order chi connectivity index (χ0) is 12.4. The molecule has 1 aromatic heterocycles. The van der Waals surface area contributed by atoms with E-state index in [9.17, 15) is 4.79 Å². The van der Waals surface area contributed by atoms with E-state index < -0.39 is 0 Å². The number of carbonyl (C=O) groups is 1. The molecular formula is C11H9BrClN3O. The molecule has 1 aromatic carbocycles. The molecule has 0 fully saturated rings. The van der Waals surface area contributed by atoms with Gasteiger partial charge in [-0.15, -0.1) is 0 Å². The van der Waals surface area contributed by atoms with Crippen LogP contribution in [0.15, 0.2) is 35.2 Å². The van der Waals surface area contributed by atoms with Crippen LogP contribution in [-0.2, 0) is 7.05 Å². The molecule has 0 saturated carbocycles. The number of rotatable bonds is 2. The molecule has 0 aliphatic heterocycles. The molecule has 17 heavy (non-hydrogen) atoms. The Morgan fingerprint density at radius 1 is 1.53 bits per heavy atom. The lowest BCUT2D eigenvalue weighted by Crippen LogP contribution is -2.15. The Morgan fingerprint density at radius 2 is 2.29 bits per heavy atom. The van der Waals surface area contributed by atoms with Gasteiger partial charge in [-0.05, 0) is 34.1 Å². The number of benzene rings is 1. The minimum atomic E-state index is -0.229. The Labute approximate surface area is 112 Å². The lowest BCUT2D eigenvalue weighted by Gasteiger charge is -2.07. The molecule has 88 valence electrons. The van der Waals surface area contributed by atoms with Gasteiger partial charge in [0.2, 0.25) is 0 Å². The van der Waals surface area contributed by atoms with Gasteiger partial charge in [0, 0.05) is 16.5 Å². The van der Waals surface area contributed by atoms with Crippen LogP contribution < -0.4 is 5.32 Å². The zero-order valence-electron chi connectivity index (χ0n) is 8.95. The van der Waals surface area contributed by atoms with E-state index in [2.05, 4.69) is 26.2 Å². The number of amides is 1. The number of anilines is 1. The summed E-state index contributed by atoms with van der Waals surface area (Å²) in [7, 11) is 1.76. The third-order valence-electron chi connectivity index (χ3n) is 2.23. The van der Waals surface area contributed by atoms with Gasteiger partial charge in [0.25, 0.3) is 5.91 Å². The van der Waals surface area contributed by atoms with Crippen molar-refractivity contribution in [3.05, 3.63) is 45.9 Å². The number of aryl methyl sites for hydroxylation is 1. The Bertz CT molecular complexity index is 568. The second-order valence-corrected chi connectivity index (χ2v) is 4.76. The van der Waals surface area contributed by atoms with E-state index in [4.69, 9.17) is 11.6 Å². The van der Waals surface area contributed by atoms with Crippen molar-refractivity contribution >= 4 is 39.1 Å². The molecule has 2 aromatic rings. The van der Waals surface area contributed by atoms with Crippen LogP contribution in [0.3, 0.4) is 0 Å². The molecule has 2 rings (SSSR count). The van der Waals surface area contributed by atoms with Crippen LogP contribution in [0, 0.1) is 0 Å². The van der Waals surface area contributed by atoms with Crippen molar-refractivity contribution in [2.24, 2.45) is 7.05 Å². The van der Waals surface area contributed by atoms with Crippen molar-refractivity contribution in [1.29, 1.82) is 0 Å². The summed E-state index contributed by atoms with van der Waals surface area (Å²) in [4.78, 5) is 15.8. The van der Waals surface area contributed by atoms with Crippen molar-refractivity contribution in [2.45, 2.75) is 0 Å². The molecule has 0 radical (unpaired) electrons. The fourth-order valence-corrected chi connectivity index (χ4v) is 1.87. The standard InChI is InChI=1S/C11H9BrClN3O/c1-16-6-14-5-10(16)11(17)15-9-4-7(13)2-3-8(9)12/h2-6H,1H3,(H,15,17). The van der Waals surface area contributed by atoms with Crippen LogP contribution >= 0.6 is 27.5 Å². The normalized spacial score (nSPS) is 10.3. The van der Waals surface area contributed by atoms with E-state index >= 15 is 0 Å². The van der Waals surface area contributed by atoms with E-state index in [0.717, 1.165) is 4.47 Å². The number of hydrogen-bond donors (Lipinski definition) is 1. The highest BCUT2D eigenvalue weighted by Crippen LogP contribution is 2.26. The number of nitrogens with one attached hydrogen (secondary N) is 1. The van der Waals surface area contributed by atoms with E-state index in [0.29, 0.717) is 16.4 Å². The average molecular weight is 315 g/mol. The number of carbonyl (C=O) groups excluding carboxylic acids is 1. The first-order valence-electron chi connectivity index (χ1n) is 4.80. The summed E-state index contributed by atoms with van der Waals surface area (Å²) in [6.45, 7) is 0. The second-order valence-electron chi connectivity index (χ2n) is 3.47. The van der Waals surface area contributed by atoms with Crippen LogP contribution in [0.25, 0.3) is 0 Å². The fraction of sp³-hybridized carbons (Fsp3) is 0.0909. The maximum absolute atomic E-state index is 11.9. The lowest BCUT2D eigenvalue weighted by atomic mass is 10.3. The van der Waals surface area contributed by atoms with Crippen molar-refractivity contribution in [3.8, 4) is 0 Å². The summed E-state index contributed by atoms with van der Waals surface area (Å²) in [5.41, 5.74) is 1.11. The lowest BCUT2D eigenvalue weighted by molar-refractivity contribution is 0.101. The van der Waals surface area contributed by atoms with Gasteiger partial charge in [0.1, 0.15) is 5.69 Å². The molecule has 0 unspecified atom stereocenters. The first-order chi connectivity index (χ1) is 8.08. The van der Waals surface area contributed by atoms with Crippen LogP contribution in [0.4, 0.5) is 5.69 Å². The Kier molecular flexibility index (Phi) is 3.49. The molecule has 0 bridgehead atoms. The number of aromatic nitrogens is 2. The van der Waals surface area contributed by atoms with E-state index in [1.165, 1.54) is 6.20 Å². The SMILES string of the molecule is Cn1cncc1C(=O)Nc1cc(Cl)ccc1Br. The first kappa shape index (κ1) is 12.1. The van der Waals surface area contributed by atoms with Crippen molar-refractivity contribution in [1.82, 2.24) is 9.55 Å². The highest BCUT2D eigenvalue weighted by Gasteiger charge is 2.11. The third kappa shape index (κ3) is 2.68. The van der Waals surface area contributed by atoms with Crippen molar-refractivity contribution < 1.29 is 4.79 Å². The summed E-state index contributed by atoms with van der Waals surface area (Å²) >= 11 is 9.21. The molecule has 4 nitrogen and oxygen atoms in total. The Hall–Kier alpha value is -1.33. The maximum Gasteiger partial charge on any atom is 0.273 e. The summed E-state index contributed by atoms with van der Waals surface area (Å²) in [6.07, 6.45) is 3.08. The summed E-state index contributed by atoms with van der Waals surface area (Å²) in [5.74, 6) is -0.229. The first-order valence-corrected chi connectivity index (χ1v) is 5.98. The highest BCUT2D eigenvalue weighted by atomic mass is 79.9. The quantitative estimate of drug-likeness (QED) is 0.926. The molecule has 0 aliphatic rings. The van der Waals surface area contributed by atoms with Gasteiger partial charge < -0.3 is 9.88 Å².